The summed E-state index contributed by atoms with van der Waals surface area (Å²) >= 11 is 0. The van der Waals surface area contributed by atoms with Crippen molar-refractivity contribution in [1.82, 2.24) is 10.1 Å². The summed E-state index contributed by atoms with van der Waals surface area (Å²) in [5, 5.41) is 3.67. The largest absolute Gasteiger partial charge is 0.416 e. The van der Waals surface area contributed by atoms with Crippen molar-refractivity contribution in [3.8, 4) is 11.5 Å². The molecule has 4 nitrogen and oxygen atoms in total. The van der Waals surface area contributed by atoms with Gasteiger partial charge in [-0.05, 0) is 30.8 Å². The molecule has 0 saturated heterocycles. The van der Waals surface area contributed by atoms with E-state index >= 15 is 0 Å². The summed E-state index contributed by atoms with van der Waals surface area (Å²) < 4.78 is 42.0. The third-order valence-corrected chi connectivity index (χ3v) is 2.30. The molecule has 0 aliphatic rings. The van der Waals surface area contributed by atoms with Gasteiger partial charge >= 0.3 is 6.18 Å². The Morgan fingerprint density at radius 3 is 2.39 bits per heavy atom. The Morgan fingerprint density at radius 1 is 1.17 bits per heavy atom. The van der Waals surface area contributed by atoms with E-state index in [2.05, 4.69) is 10.1 Å². The van der Waals surface area contributed by atoms with Gasteiger partial charge in [-0.15, -0.1) is 0 Å². The summed E-state index contributed by atoms with van der Waals surface area (Å²) in [7, 11) is 0. The molecule has 0 amide bonds. The average molecular weight is 257 g/mol. The third kappa shape index (κ3) is 2.67. The zero-order valence-electron chi connectivity index (χ0n) is 9.24. The average Bonchev–Trinajstić information content (AvgIpc) is 2.77. The van der Waals surface area contributed by atoms with E-state index in [9.17, 15) is 13.2 Å². The first-order chi connectivity index (χ1) is 8.50. The lowest BCUT2D eigenvalue weighted by atomic mass is 10.1. The molecule has 0 bridgehead atoms. The monoisotopic (exact) mass is 257 g/mol. The third-order valence-electron chi connectivity index (χ3n) is 2.30. The van der Waals surface area contributed by atoms with Crippen LogP contribution >= 0.6 is 0 Å². The molecule has 0 atom stereocenters. The van der Waals surface area contributed by atoms with Gasteiger partial charge in [-0.3, -0.25) is 0 Å². The SMILES string of the molecule is NCCc1noc(-c2ccc(C(F)(F)F)cc2)n1. The first-order valence-electron chi connectivity index (χ1n) is 5.21. The van der Waals surface area contributed by atoms with Gasteiger partial charge in [0, 0.05) is 12.0 Å². The molecule has 1 aromatic heterocycles. The van der Waals surface area contributed by atoms with Gasteiger partial charge in [-0.25, -0.2) is 0 Å². The first kappa shape index (κ1) is 12.6. The standard InChI is InChI=1S/C11H10F3N3O/c12-11(13,14)8-3-1-7(2-4-8)10-16-9(5-6-15)17-18-10/h1-4H,5-6,15H2. The molecule has 96 valence electrons. The van der Waals surface area contributed by atoms with Crippen molar-refractivity contribution in [2.24, 2.45) is 5.73 Å². The molecule has 1 heterocycles. The number of rotatable bonds is 3. The normalized spacial score (nSPS) is 11.8. The van der Waals surface area contributed by atoms with Gasteiger partial charge in [0.05, 0.1) is 5.56 Å². The topological polar surface area (TPSA) is 64.9 Å². The number of benzene rings is 1. The smallest absolute Gasteiger partial charge is 0.334 e. The van der Waals surface area contributed by atoms with Gasteiger partial charge in [-0.1, -0.05) is 5.16 Å². The van der Waals surface area contributed by atoms with Gasteiger partial charge in [-0.2, -0.15) is 18.2 Å². The van der Waals surface area contributed by atoms with E-state index < -0.39 is 11.7 Å². The number of halogens is 3. The second-order valence-corrected chi connectivity index (χ2v) is 3.63. The van der Waals surface area contributed by atoms with Crippen LogP contribution in [0.4, 0.5) is 13.2 Å². The lowest BCUT2D eigenvalue weighted by molar-refractivity contribution is -0.137. The van der Waals surface area contributed by atoms with Crippen molar-refractivity contribution in [2.75, 3.05) is 6.54 Å². The second kappa shape index (κ2) is 4.77. The number of nitrogens with zero attached hydrogens (tertiary/aromatic N) is 2. The van der Waals surface area contributed by atoms with Gasteiger partial charge in [0.25, 0.3) is 5.89 Å². The van der Waals surface area contributed by atoms with E-state index in [1.54, 1.807) is 0 Å². The number of hydrogen-bond donors (Lipinski definition) is 1. The maximum Gasteiger partial charge on any atom is 0.416 e. The molecule has 2 rings (SSSR count). The van der Waals surface area contributed by atoms with Crippen LogP contribution < -0.4 is 5.73 Å². The van der Waals surface area contributed by atoms with Crippen LogP contribution in [-0.2, 0) is 12.6 Å². The van der Waals surface area contributed by atoms with Crippen LogP contribution in [0.3, 0.4) is 0 Å². The fourth-order valence-electron chi connectivity index (χ4n) is 1.40. The highest BCUT2D eigenvalue weighted by Crippen LogP contribution is 2.30. The van der Waals surface area contributed by atoms with Gasteiger partial charge < -0.3 is 10.3 Å². The lowest BCUT2D eigenvalue weighted by Gasteiger charge is -2.05. The van der Waals surface area contributed by atoms with E-state index in [4.69, 9.17) is 10.3 Å². The van der Waals surface area contributed by atoms with Crippen LogP contribution in [-0.4, -0.2) is 16.7 Å². The van der Waals surface area contributed by atoms with E-state index in [-0.39, 0.29) is 5.89 Å². The van der Waals surface area contributed by atoms with Crippen LogP contribution in [0.2, 0.25) is 0 Å². The fourth-order valence-corrected chi connectivity index (χ4v) is 1.40. The fraction of sp³-hybridized carbons (Fsp3) is 0.273. The molecule has 0 unspecified atom stereocenters. The summed E-state index contributed by atoms with van der Waals surface area (Å²) in [4.78, 5) is 4.02. The second-order valence-electron chi connectivity index (χ2n) is 3.63. The molecule has 0 aliphatic carbocycles. The van der Waals surface area contributed by atoms with Crippen molar-refractivity contribution >= 4 is 0 Å². The number of aromatic nitrogens is 2. The Morgan fingerprint density at radius 2 is 1.83 bits per heavy atom. The minimum absolute atomic E-state index is 0.187. The molecule has 0 saturated carbocycles. The molecule has 2 N–H and O–H groups in total. The maximum absolute atomic E-state index is 12.4. The minimum Gasteiger partial charge on any atom is -0.334 e. The van der Waals surface area contributed by atoms with Crippen LogP contribution in [0.15, 0.2) is 28.8 Å². The zero-order valence-corrected chi connectivity index (χ0v) is 9.24. The molecule has 0 aliphatic heterocycles. The highest BCUT2D eigenvalue weighted by atomic mass is 19.4. The first-order valence-corrected chi connectivity index (χ1v) is 5.21. The summed E-state index contributed by atoms with van der Waals surface area (Å²) in [5.74, 6) is 0.625. The molecule has 1 aromatic carbocycles. The Hall–Kier alpha value is -1.89. The number of nitrogens with two attached hydrogens (primary N) is 1. The van der Waals surface area contributed by atoms with Crippen molar-refractivity contribution in [2.45, 2.75) is 12.6 Å². The molecular weight excluding hydrogens is 247 g/mol. The van der Waals surface area contributed by atoms with Crippen LogP contribution in [0.25, 0.3) is 11.5 Å². The summed E-state index contributed by atoms with van der Waals surface area (Å²) in [6, 6.07) is 4.54. The van der Waals surface area contributed by atoms with Gasteiger partial charge in [0.15, 0.2) is 5.82 Å². The molecule has 0 spiro atoms. The maximum atomic E-state index is 12.4. The quantitative estimate of drug-likeness (QED) is 0.915. The zero-order chi connectivity index (χ0) is 13.2. The highest BCUT2D eigenvalue weighted by Gasteiger charge is 2.30. The molecule has 2 aromatic rings. The Kier molecular flexibility index (Phi) is 3.33. The molecular formula is C11H10F3N3O. The predicted octanol–water partition coefficient (Wildman–Crippen LogP) is 2.26. The Labute approximate surface area is 101 Å². The minimum atomic E-state index is -4.35. The molecule has 7 heteroatoms. The van der Waals surface area contributed by atoms with E-state index in [0.29, 0.717) is 24.4 Å². The van der Waals surface area contributed by atoms with E-state index in [1.807, 2.05) is 0 Å². The highest BCUT2D eigenvalue weighted by molar-refractivity contribution is 5.53. The lowest BCUT2D eigenvalue weighted by Crippen LogP contribution is -2.04. The van der Waals surface area contributed by atoms with Crippen molar-refractivity contribution in [1.29, 1.82) is 0 Å². The van der Waals surface area contributed by atoms with Crippen molar-refractivity contribution in [3.05, 3.63) is 35.7 Å². The van der Waals surface area contributed by atoms with Gasteiger partial charge in [0.1, 0.15) is 0 Å². The van der Waals surface area contributed by atoms with Crippen LogP contribution in [0, 0.1) is 0 Å². The van der Waals surface area contributed by atoms with Crippen LogP contribution in [0.1, 0.15) is 11.4 Å². The number of hydrogen-bond acceptors (Lipinski definition) is 4. The molecule has 0 fully saturated rings. The van der Waals surface area contributed by atoms with Gasteiger partial charge in [0.2, 0.25) is 0 Å². The Balaban J connectivity index is 2.23. The van der Waals surface area contributed by atoms with Crippen molar-refractivity contribution in [3.63, 3.8) is 0 Å². The Bertz CT molecular complexity index is 519. The number of alkyl halides is 3. The van der Waals surface area contributed by atoms with E-state index in [0.717, 1.165) is 12.1 Å². The van der Waals surface area contributed by atoms with Crippen LogP contribution in [0.5, 0.6) is 0 Å². The van der Waals surface area contributed by atoms with Crippen molar-refractivity contribution < 1.29 is 17.7 Å². The molecule has 0 radical (unpaired) electrons. The summed E-state index contributed by atoms with van der Waals surface area (Å²) in [6.45, 7) is 0.381. The predicted molar refractivity (Wildman–Crippen MR) is 57.5 cm³/mol. The van der Waals surface area contributed by atoms with E-state index in [1.165, 1.54) is 12.1 Å². The summed E-state index contributed by atoms with van der Waals surface area (Å²) in [6.07, 6.45) is -3.89. The summed E-state index contributed by atoms with van der Waals surface area (Å²) in [5.41, 5.74) is 5.06. The molecule has 18 heavy (non-hydrogen) atoms.